The zero-order valence-electron chi connectivity index (χ0n) is 19.4. The summed E-state index contributed by atoms with van der Waals surface area (Å²) in [5.74, 6) is 0.924. The number of ether oxygens (including phenoxy) is 2. The van der Waals surface area contributed by atoms with Crippen molar-refractivity contribution in [3.63, 3.8) is 0 Å². The molecule has 4 heterocycles. The second kappa shape index (κ2) is 7.58. The lowest BCUT2D eigenvalue weighted by Crippen LogP contribution is -2.64. The lowest BCUT2D eigenvalue weighted by molar-refractivity contribution is -0.274. The highest BCUT2D eigenvalue weighted by Crippen LogP contribution is 2.64. The van der Waals surface area contributed by atoms with Crippen molar-refractivity contribution in [1.29, 1.82) is 0 Å². The number of nitrogens with two attached hydrogens (primary N) is 1. The predicted molar refractivity (Wildman–Crippen MR) is 119 cm³/mol. The van der Waals surface area contributed by atoms with Crippen LogP contribution in [0.1, 0.15) is 57.2 Å². The Balaban J connectivity index is 1.18. The molecule has 2 aromatic rings. The van der Waals surface area contributed by atoms with E-state index >= 15 is 0 Å². The SMILES string of the molecule is CC(C)n1nc(-c2cnc(N)c(OC(F)(F)F)c2)cc1C1C2CC(N3CC4(CCCO4)C3)CC21. The molecular weight excluding hydrogens is 447 g/mol. The molecule has 0 bridgehead atoms. The van der Waals surface area contributed by atoms with Crippen molar-refractivity contribution >= 4 is 5.82 Å². The number of hydrogen-bond acceptors (Lipinski definition) is 6. The average Bonchev–Trinajstić information content (AvgIpc) is 3.23. The second-order valence-corrected chi connectivity index (χ2v) is 10.7. The monoisotopic (exact) mass is 477 g/mol. The summed E-state index contributed by atoms with van der Waals surface area (Å²) in [6.45, 7) is 7.19. The molecule has 4 fully saturated rings. The average molecular weight is 478 g/mol. The third kappa shape index (κ3) is 3.75. The first-order chi connectivity index (χ1) is 16.1. The van der Waals surface area contributed by atoms with E-state index in [0.29, 0.717) is 35.1 Å². The Morgan fingerprint density at radius 2 is 1.94 bits per heavy atom. The standard InChI is InChI=1S/C24H30F3N5O2/c1-13(2)32-19(9-18(30-32)14-6-20(22(28)29-10-14)34-24(25,26)27)21-16-7-15(8-17(16)21)31-11-23(12-31)4-3-5-33-23/h6,9-10,13,15-17,21H,3-5,7-8,11-12H2,1-2H3,(H2,28,29). The van der Waals surface area contributed by atoms with E-state index < -0.39 is 12.1 Å². The number of rotatable bonds is 5. The molecule has 2 aromatic heterocycles. The molecule has 0 aromatic carbocycles. The van der Waals surface area contributed by atoms with Gasteiger partial charge in [-0.2, -0.15) is 5.10 Å². The van der Waals surface area contributed by atoms with Gasteiger partial charge in [-0.05, 0) is 63.5 Å². The summed E-state index contributed by atoms with van der Waals surface area (Å²) < 4.78 is 50.3. The molecule has 0 radical (unpaired) electrons. The molecule has 184 valence electrons. The first-order valence-electron chi connectivity index (χ1n) is 12.1. The van der Waals surface area contributed by atoms with E-state index in [0.717, 1.165) is 25.4 Å². The maximum atomic E-state index is 12.7. The maximum Gasteiger partial charge on any atom is 0.573 e. The van der Waals surface area contributed by atoms with Gasteiger partial charge in [-0.15, -0.1) is 13.2 Å². The van der Waals surface area contributed by atoms with Crippen molar-refractivity contribution in [2.75, 3.05) is 25.4 Å². The molecule has 4 aliphatic rings. The number of halogens is 3. The van der Waals surface area contributed by atoms with Gasteiger partial charge in [0.15, 0.2) is 11.6 Å². The third-order valence-electron chi connectivity index (χ3n) is 8.10. The van der Waals surface area contributed by atoms with Crippen molar-refractivity contribution in [2.24, 2.45) is 11.8 Å². The van der Waals surface area contributed by atoms with Crippen LogP contribution in [0.2, 0.25) is 0 Å². The highest BCUT2D eigenvalue weighted by atomic mass is 19.4. The van der Waals surface area contributed by atoms with Gasteiger partial charge < -0.3 is 15.2 Å². The van der Waals surface area contributed by atoms with Gasteiger partial charge in [0.25, 0.3) is 0 Å². The number of nitrogens with zero attached hydrogens (tertiary/aromatic N) is 4. The van der Waals surface area contributed by atoms with Gasteiger partial charge in [-0.3, -0.25) is 9.58 Å². The molecular formula is C24H30F3N5O2. The van der Waals surface area contributed by atoms with Crippen LogP contribution in [0.5, 0.6) is 5.75 Å². The zero-order chi connectivity index (χ0) is 23.8. The molecule has 2 aliphatic heterocycles. The first kappa shape index (κ1) is 22.2. The Hall–Kier alpha value is -2.33. The number of anilines is 1. The fraction of sp³-hybridized carbons (Fsp3) is 0.667. The Bertz CT molecular complexity index is 1070. The molecule has 10 heteroatoms. The summed E-state index contributed by atoms with van der Waals surface area (Å²) >= 11 is 0. The fourth-order valence-corrected chi connectivity index (χ4v) is 6.52. The summed E-state index contributed by atoms with van der Waals surface area (Å²) in [5.41, 5.74) is 7.94. The summed E-state index contributed by atoms with van der Waals surface area (Å²) in [5, 5.41) is 4.74. The van der Waals surface area contributed by atoms with Gasteiger partial charge in [0.2, 0.25) is 0 Å². The Morgan fingerprint density at radius 1 is 1.21 bits per heavy atom. The Labute approximate surface area is 196 Å². The van der Waals surface area contributed by atoms with Crippen molar-refractivity contribution in [3.05, 3.63) is 24.0 Å². The Morgan fingerprint density at radius 3 is 2.56 bits per heavy atom. The molecule has 2 N–H and O–H groups in total. The topological polar surface area (TPSA) is 78.4 Å². The van der Waals surface area contributed by atoms with Crippen LogP contribution in [0.25, 0.3) is 11.3 Å². The van der Waals surface area contributed by atoms with Crippen molar-refractivity contribution in [1.82, 2.24) is 19.7 Å². The fourth-order valence-electron chi connectivity index (χ4n) is 6.52. The smallest absolute Gasteiger partial charge is 0.402 e. The molecule has 6 rings (SSSR count). The van der Waals surface area contributed by atoms with Crippen LogP contribution in [-0.2, 0) is 4.74 Å². The van der Waals surface area contributed by atoms with Crippen LogP contribution >= 0.6 is 0 Å². The minimum absolute atomic E-state index is 0.138. The summed E-state index contributed by atoms with van der Waals surface area (Å²) in [6, 6.07) is 4.05. The van der Waals surface area contributed by atoms with Crippen molar-refractivity contribution < 1.29 is 22.6 Å². The number of likely N-dealkylation sites (tertiary alicyclic amines) is 1. The molecule has 2 aliphatic carbocycles. The Kier molecular flexibility index (Phi) is 4.94. The molecule has 2 saturated carbocycles. The van der Waals surface area contributed by atoms with Crippen LogP contribution in [0.15, 0.2) is 18.3 Å². The third-order valence-corrected chi connectivity index (χ3v) is 8.10. The maximum absolute atomic E-state index is 12.7. The predicted octanol–water partition coefficient (Wildman–Crippen LogP) is 4.36. The summed E-state index contributed by atoms with van der Waals surface area (Å²) in [4.78, 5) is 6.50. The molecule has 1 spiro atoms. The minimum atomic E-state index is -4.83. The van der Waals surface area contributed by atoms with Crippen LogP contribution in [0.4, 0.5) is 19.0 Å². The molecule has 2 atom stereocenters. The summed E-state index contributed by atoms with van der Waals surface area (Å²) in [7, 11) is 0. The van der Waals surface area contributed by atoms with E-state index in [1.165, 1.54) is 37.9 Å². The molecule has 2 saturated heterocycles. The number of nitrogen functional groups attached to an aromatic ring is 1. The highest BCUT2D eigenvalue weighted by molar-refractivity contribution is 5.64. The van der Waals surface area contributed by atoms with E-state index in [1.807, 2.05) is 10.7 Å². The van der Waals surface area contributed by atoms with E-state index in [4.69, 9.17) is 15.6 Å². The zero-order valence-corrected chi connectivity index (χ0v) is 19.4. The minimum Gasteiger partial charge on any atom is -0.402 e. The van der Waals surface area contributed by atoms with Gasteiger partial charge in [-0.25, -0.2) is 4.98 Å². The van der Waals surface area contributed by atoms with Gasteiger partial charge in [-0.1, -0.05) is 0 Å². The van der Waals surface area contributed by atoms with Crippen LogP contribution in [-0.4, -0.2) is 57.4 Å². The van der Waals surface area contributed by atoms with Crippen LogP contribution in [0, 0.1) is 11.8 Å². The molecule has 7 nitrogen and oxygen atoms in total. The molecule has 34 heavy (non-hydrogen) atoms. The van der Waals surface area contributed by atoms with Crippen LogP contribution < -0.4 is 10.5 Å². The highest BCUT2D eigenvalue weighted by Gasteiger charge is 2.61. The number of fused-ring (bicyclic) bond motifs is 1. The number of hydrogen-bond donors (Lipinski definition) is 1. The van der Waals surface area contributed by atoms with Gasteiger partial charge in [0, 0.05) is 55.2 Å². The van der Waals surface area contributed by atoms with E-state index in [2.05, 4.69) is 28.5 Å². The number of aromatic nitrogens is 3. The van der Waals surface area contributed by atoms with Gasteiger partial charge >= 0.3 is 6.36 Å². The van der Waals surface area contributed by atoms with Gasteiger partial charge in [0.05, 0.1) is 11.3 Å². The van der Waals surface area contributed by atoms with Crippen LogP contribution in [0.3, 0.4) is 0 Å². The lowest BCUT2D eigenvalue weighted by atomic mass is 9.88. The van der Waals surface area contributed by atoms with Crippen molar-refractivity contribution in [2.45, 2.75) is 69.5 Å². The van der Waals surface area contributed by atoms with Crippen molar-refractivity contribution in [3.8, 4) is 17.0 Å². The molecule has 2 unspecified atom stereocenters. The lowest BCUT2D eigenvalue weighted by Gasteiger charge is -2.50. The quantitative estimate of drug-likeness (QED) is 0.689. The number of pyridine rings is 1. The normalized spacial score (nSPS) is 30.1. The largest absolute Gasteiger partial charge is 0.573 e. The second-order valence-electron chi connectivity index (χ2n) is 10.7. The van der Waals surface area contributed by atoms with E-state index in [-0.39, 0.29) is 17.5 Å². The first-order valence-corrected chi connectivity index (χ1v) is 12.1. The van der Waals surface area contributed by atoms with E-state index in [1.54, 1.807) is 0 Å². The molecule has 0 amide bonds. The number of alkyl halides is 3. The van der Waals surface area contributed by atoms with Gasteiger partial charge in [0.1, 0.15) is 0 Å². The van der Waals surface area contributed by atoms with E-state index in [9.17, 15) is 13.2 Å². The summed E-state index contributed by atoms with van der Waals surface area (Å²) in [6.07, 6.45) is 1.37.